The van der Waals surface area contributed by atoms with Crippen LogP contribution >= 0.6 is 11.6 Å². The van der Waals surface area contributed by atoms with Crippen LogP contribution in [0.4, 0.5) is 8.78 Å². The largest absolute Gasteiger partial charge is 0.399 e. The molecule has 0 saturated heterocycles. The summed E-state index contributed by atoms with van der Waals surface area (Å²) in [6, 6.07) is 1.62. The van der Waals surface area contributed by atoms with Gasteiger partial charge in [-0.25, -0.2) is 8.78 Å². The van der Waals surface area contributed by atoms with Crippen molar-refractivity contribution < 1.29 is 18.4 Å². The van der Waals surface area contributed by atoms with Crippen LogP contribution in [-0.2, 0) is 23.1 Å². The van der Waals surface area contributed by atoms with Gasteiger partial charge in [0.15, 0.2) is 0 Å². The van der Waals surface area contributed by atoms with Gasteiger partial charge in [-0.1, -0.05) is 22.7 Å². The number of nitrogens with zero attached hydrogens (tertiary/aromatic N) is 4. The Morgan fingerprint density at radius 1 is 1.50 bits per heavy atom. The minimum Gasteiger partial charge on any atom is -0.399 e. The number of aryl methyl sites for hydroxylation is 1. The third kappa shape index (κ3) is 5.50. The van der Waals surface area contributed by atoms with Crippen molar-refractivity contribution in [1.29, 1.82) is 0 Å². The molecule has 0 fully saturated rings. The molecule has 2 aromatic rings. The molecule has 0 atom stereocenters. The summed E-state index contributed by atoms with van der Waals surface area (Å²) in [6.45, 7) is 1.64. The first-order chi connectivity index (χ1) is 13.3. The average Bonchev–Trinajstić information content (AvgIpc) is 3.00. The van der Waals surface area contributed by atoms with Crippen LogP contribution in [-0.4, -0.2) is 40.0 Å². The van der Waals surface area contributed by atoms with Crippen molar-refractivity contribution in [3.05, 3.63) is 46.0 Å². The molecule has 0 spiro atoms. The van der Waals surface area contributed by atoms with Gasteiger partial charge in [-0.2, -0.15) is 5.10 Å². The molecule has 28 heavy (non-hydrogen) atoms. The van der Waals surface area contributed by atoms with Crippen molar-refractivity contribution in [2.24, 2.45) is 12.2 Å². The standard InChI is InChI=1S/C18H18ClF2N5O2/c1-4-5-11-6-13(19)17(23-8-11)14(25-28-3)9-22-15(27)7-12-10-26(2)24-16(12)18(20)21/h6,8,10,18H,7,9H2,1-3H3,(H,22,27)/b25-14+. The molecule has 1 amide bonds. The van der Waals surface area contributed by atoms with Gasteiger partial charge in [-0.15, -0.1) is 5.92 Å². The lowest BCUT2D eigenvalue weighted by Gasteiger charge is -2.09. The summed E-state index contributed by atoms with van der Waals surface area (Å²) >= 11 is 6.23. The third-order valence-corrected chi connectivity index (χ3v) is 3.82. The van der Waals surface area contributed by atoms with Crippen molar-refractivity contribution in [1.82, 2.24) is 20.1 Å². The van der Waals surface area contributed by atoms with E-state index in [9.17, 15) is 13.6 Å². The van der Waals surface area contributed by atoms with E-state index in [1.165, 1.54) is 31.2 Å². The van der Waals surface area contributed by atoms with Crippen molar-refractivity contribution >= 4 is 23.2 Å². The second-order valence-corrected chi connectivity index (χ2v) is 6.02. The molecule has 0 aliphatic carbocycles. The molecule has 2 rings (SSSR count). The number of rotatable bonds is 7. The Balaban J connectivity index is 2.10. The molecule has 0 aliphatic rings. The van der Waals surface area contributed by atoms with Crippen molar-refractivity contribution in [2.75, 3.05) is 13.7 Å². The first-order valence-corrected chi connectivity index (χ1v) is 8.49. The van der Waals surface area contributed by atoms with Crippen molar-refractivity contribution in [2.45, 2.75) is 19.8 Å². The predicted molar refractivity (Wildman–Crippen MR) is 100 cm³/mol. The maximum atomic E-state index is 13.0. The van der Waals surface area contributed by atoms with Crippen LogP contribution in [0, 0.1) is 11.8 Å². The fraction of sp³-hybridized carbons (Fsp3) is 0.333. The Morgan fingerprint density at radius 2 is 2.25 bits per heavy atom. The van der Waals surface area contributed by atoms with E-state index in [2.05, 4.69) is 32.4 Å². The minimum absolute atomic E-state index is 0.0531. The van der Waals surface area contributed by atoms with Gasteiger partial charge in [0.1, 0.15) is 24.2 Å². The number of carbonyl (C=O) groups excluding carboxylic acids is 1. The molecule has 0 radical (unpaired) electrons. The second kappa shape index (κ2) is 9.80. The smallest absolute Gasteiger partial charge is 0.282 e. The molecule has 148 valence electrons. The van der Waals surface area contributed by atoms with E-state index < -0.39 is 18.0 Å². The van der Waals surface area contributed by atoms with Gasteiger partial charge in [-0.3, -0.25) is 14.5 Å². The van der Waals surface area contributed by atoms with E-state index in [0.29, 0.717) is 11.3 Å². The van der Waals surface area contributed by atoms with Crippen LogP contribution in [0.2, 0.25) is 5.02 Å². The molecular weight excluding hydrogens is 392 g/mol. The average molecular weight is 410 g/mol. The number of hydrogen-bond acceptors (Lipinski definition) is 5. The lowest BCUT2D eigenvalue weighted by Crippen LogP contribution is -2.32. The van der Waals surface area contributed by atoms with Gasteiger partial charge in [0.25, 0.3) is 6.43 Å². The van der Waals surface area contributed by atoms with Crippen LogP contribution in [0.25, 0.3) is 0 Å². The maximum absolute atomic E-state index is 13.0. The number of pyridine rings is 1. The zero-order chi connectivity index (χ0) is 20.7. The Hall–Kier alpha value is -2.99. The van der Waals surface area contributed by atoms with Crippen LogP contribution in [0.1, 0.15) is 35.9 Å². The number of aromatic nitrogens is 3. The second-order valence-electron chi connectivity index (χ2n) is 5.62. The van der Waals surface area contributed by atoms with Gasteiger partial charge in [0, 0.05) is 30.6 Å². The van der Waals surface area contributed by atoms with Crippen molar-refractivity contribution in [3.63, 3.8) is 0 Å². The van der Waals surface area contributed by atoms with Gasteiger partial charge < -0.3 is 10.2 Å². The number of amides is 1. The lowest BCUT2D eigenvalue weighted by atomic mass is 10.1. The van der Waals surface area contributed by atoms with E-state index in [-0.39, 0.29) is 29.3 Å². The molecule has 2 heterocycles. The van der Waals surface area contributed by atoms with Gasteiger partial charge >= 0.3 is 0 Å². The molecule has 0 aromatic carbocycles. The number of nitrogens with one attached hydrogen (secondary N) is 1. The molecule has 1 N–H and O–H groups in total. The predicted octanol–water partition coefficient (Wildman–Crippen LogP) is 2.49. The normalized spacial score (nSPS) is 11.2. The Bertz CT molecular complexity index is 947. The summed E-state index contributed by atoms with van der Waals surface area (Å²) in [6.07, 6.45) is -0.103. The van der Waals surface area contributed by atoms with Crippen LogP contribution in [0.5, 0.6) is 0 Å². The molecule has 0 saturated carbocycles. The van der Waals surface area contributed by atoms with Crippen LogP contribution in [0.3, 0.4) is 0 Å². The lowest BCUT2D eigenvalue weighted by molar-refractivity contribution is -0.120. The highest BCUT2D eigenvalue weighted by Crippen LogP contribution is 2.21. The van der Waals surface area contributed by atoms with E-state index >= 15 is 0 Å². The quantitative estimate of drug-likeness (QED) is 0.433. The maximum Gasteiger partial charge on any atom is 0.282 e. The summed E-state index contributed by atoms with van der Waals surface area (Å²) in [5.74, 6) is 5.09. The SMILES string of the molecule is CC#Cc1cnc(/C(CNC(=O)Cc2cn(C)nc2C(F)F)=N/OC)c(Cl)c1. The summed E-state index contributed by atoms with van der Waals surface area (Å²) in [5.41, 5.74) is 0.963. The fourth-order valence-electron chi connectivity index (χ4n) is 2.42. The zero-order valence-electron chi connectivity index (χ0n) is 15.5. The molecule has 0 unspecified atom stereocenters. The minimum atomic E-state index is -2.76. The summed E-state index contributed by atoms with van der Waals surface area (Å²) in [7, 11) is 2.86. The van der Waals surface area contributed by atoms with Gasteiger partial charge in [0.05, 0.1) is 18.0 Å². The fourth-order valence-corrected chi connectivity index (χ4v) is 2.70. The number of carbonyl (C=O) groups is 1. The molecule has 0 aliphatic heterocycles. The van der Waals surface area contributed by atoms with Crippen LogP contribution < -0.4 is 5.32 Å². The number of halogens is 3. The molecular formula is C18H18ClF2N5O2. The van der Waals surface area contributed by atoms with Gasteiger partial charge in [0.2, 0.25) is 5.91 Å². The third-order valence-electron chi connectivity index (χ3n) is 3.53. The Morgan fingerprint density at radius 3 is 2.86 bits per heavy atom. The van der Waals surface area contributed by atoms with E-state index in [4.69, 9.17) is 16.4 Å². The Labute approximate surface area is 165 Å². The highest BCUT2D eigenvalue weighted by atomic mass is 35.5. The zero-order valence-corrected chi connectivity index (χ0v) is 16.2. The summed E-state index contributed by atoms with van der Waals surface area (Å²) in [5, 5.41) is 10.4. The number of hydrogen-bond donors (Lipinski definition) is 1. The first-order valence-electron chi connectivity index (χ1n) is 8.11. The van der Waals surface area contributed by atoms with Crippen molar-refractivity contribution in [3.8, 4) is 11.8 Å². The monoisotopic (exact) mass is 409 g/mol. The summed E-state index contributed by atoms with van der Waals surface area (Å²) in [4.78, 5) is 21.2. The summed E-state index contributed by atoms with van der Waals surface area (Å²) < 4.78 is 27.2. The number of oxime groups is 1. The first kappa shape index (κ1) is 21.3. The molecule has 10 heteroatoms. The van der Waals surface area contributed by atoms with E-state index in [0.717, 1.165) is 0 Å². The highest BCUT2D eigenvalue weighted by molar-refractivity contribution is 6.34. The molecule has 2 aromatic heterocycles. The number of alkyl halides is 2. The van der Waals surface area contributed by atoms with E-state index in [1.54, 1.807) is 13.0 Å². The topological polar surface area (TPSA) is 81.4 Å². The van der Waals surface area contributed by atoms with E-state index in [1.807, 2.05) is 0 Å². The van der Waals surface area contributed by atoms with Crippen LogP contribution in [0.15, 0.2) is 23.6 Å². The van der Waals surface area contributed by atoms with Gasteiger partial charge in [-0.05, 0) is 13.0 Å². The highest BCUT2D eigenvalue weighted by Gasteiger charge is 2.20. The molecule has 7 nitrogen and oxygen atoms in total. The Kier molecular flexibility index (Phi) is 7.46. The molecule has 0 bridgehead atoms.